The third-order valence-electron chi connectivity index (χ3n) is 4.85. The van der Waals surface area contributed by atoms with E-state index in [0.29, 0.717) is 11.8 Å². The lowest BCUT2D eigenvalue weighted by atomic mass is 9.90. The monoisotopic (exact) mass is 302 g/mol. The fourth-order valence-corrected chi connectivity index (χ4v) is 4.14. The smallest absolute Gasteiger partial charge is 0.147 e. The van der Waals surface area contributed by atoms with E-state index in [1.54, 1.807) is 0 Å². The van der Waals surface area contributed by atoms with Gasteiger partial charge >= 0.3 is 0 Å². The van der Waals surface area contributed by atoms with Gasteiger partial charge in [0.2, 0.25) is 0 Å². The van der Waals surface area contributed by atoms with Gasteiger partial charge in [0.05, 0.1) is 5.75 Å². The third kappa shape index (κ3) is 4.43. The minimum absolute atomic E-state index is 0.245. The summed E-state index contributed by atoms with van der Waals surface area (Å²) in [7, 11) is -2.83. The fourth-order valence-electron chi connectivity index (χ4n) is 3.49. The molecule has 4 nitrogen and oxygen atoms in total. The van der Waals surface area contributed by atoms with Crippen molar-refractivity contribution < 1.29 is 8.42 Å². The molecule has 0 bridgehead atoms. The summed E-state index contributed by atoms with van der Waals surface area (Å²) in [5.41, 5.74) is 0.245. The molecule has 2 unspecified atom stereocenters. The van der Waals surface area contributed by atoms with Crippen LogP contribution >= 0.6 is 0 Å². The first kappa shape index (κ1) is 16.2. The van der Waals surface area contributed by atoms with E-state index in [1.165, 1.54) is 31.9 Å². The van der Waals surface area contributed by atoms with Gasteiger partial charge in [-0.2, -0.15) is 0 Å². The Hall–Kier alpha value is -0.130. The van der Waals surface area contributed by atoms with Gasteiger partial charge in [0.15, 0.2) is 0 Å². The van der Waals surface area contributed by atoms with Crippen molar-refractivity contribution in [1.82, 2.24) is 10.2 Å². The molecule has 2 atom stereocenters. The van der Waals surface area contributed by atoms with Crippen LogP contribution in [0.5, 0.6) is 0 Å². The van der Waals surface area contributed by atoms with Gasteiger partial charge in [0, 0.05) is 30.9 Å². The van der Waals surface area contributed by atoms with Crippen molar-refractivity contribution in [3.05, 3.63) is 0 Å². The quantitative estimate of drug-likeness (QED) is 0.777. The van der Waals surface area contributed by atoms with Crippen molar-refractivity contribution in [1.29, 1.82) is 0 Å². The van der Waals surface area contributed by atoms with Gasteiger partial charge in [-0.3, -0.25) is 4.90 Å². The number of nitrogens with zero attached hydrogens (tertiary/aromatic N) is 1. The number of hydrogen-bond acceptors (Lipinski definition) is 4. The summed E-state index contributed by atoms with van der Waals surface area (Å²) >= 11 is 0. The summed E-state index contributed by atoms with van der Waals surface area (Å²) in [5.74, 6) is 1.14. The predicted octanol–water partition coefficient (Wildman–Crippen LogP) is 1.66. The molecule has 2 fully saturated rings. The molecule has 0 amide bonds. The Labute approximate surface area is 124 Å². The maximum Gasteiger partial charge on any atom is 0.147 e. The molecule has 1 saturated heterocycles. The van der Waals surface area contributed by atoms with Gasteiger partial charge in [-0.15, -0.1) is 0 Å². The number of sulfone groups is 1. The second-order valence-electron chi connectivity index (χ2n) is 6.97. The van der Waals surface area contributed by atoms with Crippen molar-refractivity contribution in [3.63, 3.8) is 0 Å². The van der Waals surface area contributed by atoms with Crippen molar-refractivity contribution in [2.45, 2.75) is 57.5 Å². The molecule has 20 heavy (non-hydrogen) atoms. The largest absolute Gasteiger partial charge is 0.308 e. The molecule has 1 aliphatic carbocycles. The van der Waals surface area contributed by atoms with Crippen LogP contribution in [0.2, 0.25) is 0 Å². The molecule has 0 radical (unpaired) electrons. The highest BCUT2D eigenvalue weighted by Crippen LogP contribution is 2.41. The molecule has 1 heterocycles. The van der Waals surface area contributed by atoms with Gasteiger partial charge in [-0.25, -0.2) is 8.42 Å². The lowest BCUT2D eigenvalue weighted by molar-refractivity contribution is 0.0705. The summed E-state index contributed by atoms with van der Waals surface area (Å²) in [6.07, 6.45) is 7.18. The molecule has 0 aromatic carbocycles. The number of rotatable bonds is 7. The second-order valence-corrected chi connectivity index (χ2v) is 9.23. The molecule has 0 aromatic rings. The standard InChI is InChI=1S/C15H30N2O2S/c1-4-6-14-11-16-15(2,13-7-8-13)12-17(14)9-5-10-20(3,18)19/h13-14,16H,4-12H2,1-3H3. The first-order valence-electron chi connectivity index (χ1n) is 8.01. The fraction of sp³-hybridized carbons (Fsp3) is 1.00. The third-order valence-corrected chi connectivity index (χ3v) is 5.88. The minimum atomic E-state index is -2.83. The van der Waals surface area contributed by atoms with Crippen LogP contribution in [0.1, 0.15) is 46.0 Å². The van der Waals surface area contributed by atoms with E-state index in [0.717, 1.165) is 32.0 Å². The van der Waals surface area contributed by atoms with E-state index in [1.807, 2.05) is 0 Å². The van der Waals surface area contributed by atoms with Crippen LogP contribution in [0.15, 0.2) is 0 Å². The average Bonchev–Trinajstić information content (AvgIpc) is 3.15. The molecule has 1 aliphatic heterocycles. The van der Waals surface area contributed by atoms with Gasteiger partial charge in [0.25, 0.3) is 0 Å². The average molecular weight is 302 g/mol. The molecular weight excluding hydrogens is 272 g/mol. The Bertz CT molecular complexity index is 420. The van der Waals surface area contributed by atoms with Gasteiger partial charge in [-0.1, -0.05) is 13.3 Å². The van der Waals surface area contributed by atoms with E-state index in [4.69, 9.17) is 0 Å². The lowest BCUT2D eigenvalue weighted by Gasteiger charge is -2.47. The highest BCUT2D eigenvalue weighted by molar-refractivity contribution is 7.90. The minimum Gasteiger partial charge on any atom is -0.308 e. The summed E-state index contributed by atoms with van der Waals surface area (Å²) in [4.78, 5) is 2.55. The second kappa shape index (κ2) is 6.32. The first-order chi connectivity index (χ1) is 9.34. The lowest BCUT2D eigenvalue weighted by Crippen LogP contribution is -2.64. The van der Waals surface area contributed by atoms with E-state index in [-0.39, 0.29) is 5.54 Å². The SMILES string of the molecule is CCCC1CNC(C)(C2CC2)CN1CCCS(C)(=O)=O. The zero-order valence-electron chi connectivity index (χ0n) is 13.2. The van der Waals surface area contributed by atoms with E-state index in [9.17, 15) is 8.42 Å². The van der Waals surface area contributed by atoms with Crippen molar-refractivity contribution >= 4 is 9.84 Å². The van der Waals surface area contributed by atoms with Crippen LogP contribution in [0, 0.1) is 5.92 Å². The van der Waals surface area contributed by atoms with Crippen LogP contribution in [0.3, 0.4) is 0 Å². The molecule has 0 spiro atoms. The van der Waals surface area contributed by atoms with Crippen molar-refractivity contribution in [2.24, 2.45) is 5.92 Å². The summed E-state index contributed by atoms with van der Waals surface area (Å²) in [6.45, 7) is 7.62. The topological polar surface area (TPSA) is 49.4 Å². The maximum absolute atomic E-state index is 11.3. The molecule has 5 heteroatoms. The van der Waals surface area contributed by atoms with E-state index < -0.39 is 9.84 Å². The van der Waals surface area contributed by atoms with Gasteiger partial charge < -0.3 is 5.32 Å². The Balaban J connectivity index is 1.92. The Morgan fingerprint density at radius 1 is 1.35 bits per heavy atom. The van der Waals surface area contributed by atoms with Crippen molar-refractivity contribution in [2.75, 3.05) is 31.6 Å². The predicted molar refractivity (Wildman–Crippen MR) is 83.7 cm³/mol. The van der Waals surface area contributed by atoms with Gasteiger partial charge in [0.1, 0.15) is 9.84 Å². The number of nitrogens with one attached hydrogen (secondary N) is 1. The van der Waals surface area contributed by atoms with Crippen LogP contribution in [-0.2, 0) is 9.84 Å². The Morgan fingerprint density at radius 2 is 2.05 bits per heavy atom. The highest BCUT2D eigenvalue weighted by atomic mass is 32.2. The van der Waals surface area contributed by atoms with Crippen LogP contribution in [-0.4, -0.2) is 56.5 Å². The summed E-state index contributed by atoms with van der Waals surface area (Å²) < 4.78 is 22.6. The Morgan fingerprint density at radius 3 is 2.60 bits per heavy atom. The highest BCUT2D eigenvalue weighted by Gasteiger charge is 2.45. The van der Waals surface area contributed by atoms with Gasteiger partial charge in [-0.05, 0) is 45.1 Å². The molecule has 2 rings (SSSR count). The number of piperazine rings is 1. The molecule has 118 valence electrons. The van der Waals surface area contributed by atoms with E-state index >= 15 is 0 Å². The van der Waals surface area contributed by atoms with Crippen LogP contribution in [0.25, 0.3) is 0 Å². The summed E-state index contributed by atoms with van der Waals surface area (Å²) in [6, 6.07) is 0.575. The number of hydrogen-bond donors (Lipinski definition) is 1. The zero-order valence-corrected chi connectivity index (χ0v) is 14.0. The van der Waals surface area contributed by atoms with Crippen molar-refractivity contribution in [3.8, 4) is 0 Å². The zero-order chi connectivity index (χ0) is 14.8. The Kier molecular flexibility index (Phi) is 5.14. The maximum atomic E-state index is 11.3. The van der Waals surface area contributed by atoms with Crippen LogP contribution < -0.4 is 5.32 Å². The van der Waals surface area contributed by atoms with Crippen LogP contribution in [0.4, 0.5) is 0 Å². The summed E-state index contributed by atoms with van der Waals surface area (Å²) in [5, 5.41) is 3.77. The molecule has 2 aliphatic rings. The molecule has 1 N–H and O–H groups in total. The molecule has 1 saturated carbocycles. The molecular formula is C15H30N2O2S. The normalized spacial score (nSPS) is 32.5. The molecule has 0 aromatic heterocycles. The first-order valence-corrected chi connectivity index (χ1v) is 10.1. The van der Waals surface area contributed by atoms with E-state index in [2.05, 4.69) is 24.1 Å².